The first kappa shape index (κ1) is 17.7. The minimum atomic E-state index is -0.296. The highest BCUT2D eigenvalue weighted by atomic mass is 19.1. The number of amides is 1. The van der Waals surface area contributed by atoms with Gasteiger partial charge in [0.2, 0.25) is 0 Å². The minimum Gasteiger partial charge on any atom is -0.488 e. The highest BCUT2D eigenvalue weighted by molar-refractivity contribution is 5.96. The molecule has 0 atom stereocenters. The molecule has 1 amide bonds. The van der Waals surface area contributed by atoms with Crippen LogP contribution in [-0.4, -0.2) is 5.91 Å². The van der Waals surface area contributed by atoms with Crippen LogP contribution < -0.4 is 10.1 Å². The minimum absolute atomic E-state index is 0.228. The van der Waals surface area contributed by atoms with Crippen LogP contribution in [-0.2, 0) is 13.2 Å². The maximum absolute atomic E-state index is 12.9. The van der Waals surface area contributed by atoms with Gasteiger partial charge in [0, 0.05) is 6.54 Å². The molecule has 3 nitrogen and oxygen atoms in total. The maximum Gasteiger partial charge on any atom is 0.255 e. The van der Waals surface area contributed by atoms with Crippen molar-refractivity contribution in [3.8, 4) is 5.75 Å². The number of carbonyl (C=O) groups is 1. The smallest absolute Gasteiger partial charge is 0.255 e. The van der Waals surface area contributed by atoms with Crippen LogP contribution in [0.3, 0.4) is 0 Å². The van der Waals surface area contributed by atoms with Crippen molar-refractivity contribution in [2.24, 2.45) is 0 Å². The third kappa shape index (κ3) is 4.70. The van der Waals surface area contributed by atoms with Gasteiger partial charge < -0.3 is 10.1 Å². The molecule has 4 heteroatoms. The van der Waals surface area contributed by atoms with Crippen molar-refractivity contribution in [2.45, 2.75) is 20.1 Å². The molecule has 0 saturated carbocycles. The molecule has 1 N–H and O–H groups in total. The average molecular weight is 349 g/mol. The maximum atomic E-state index is 12.9. The lowest BCUT2D eigenvalue weighted by molar-refractivity contribution is 0.0946. The summed E-state index contributed by atoms with van der Waals surface area (Å²) in [7, 11) is 0. The van der Waals surface area contributed by atoms with Gasteiger partial charge >= 0.3 is 0 Å². The Labute approximate surface area is 152 Å². The van der Waals surface area contributed by atoms with Crippen LogP contribution in [0.25, 0.3) is 0 Å². The monoisotopic (exact) mass is 349 g/mol. The molecule has 0 saturated heterocycles. The van der Waals surface area contributed by atoms with Crippen LogP contribution >= 0.6 is 0 Å². The van der Waals surface area contributed by atoms with Gasteiger partial charge in [0.15, 0.2) is 0 Å². The van der Waals surface area contributed by atoms with Crippen molar-refractivity contribution in [1.29, 1.82) is 0 Å². The summed E-state index contributed by atoms with van der Waals surface area (Å²) in [5.74, 6) is 0.00903. The molecular weight excluding hydrogens is 329 g/mol. The number of nitrogens with one attached hydrogen (secondary N) is 1. The van der Waals surface area contributed by atoms with Gasteiger partial charge in [0.1, 0.15) is 18.2 Å². The number of hydrogen-bond donors (Lipinski definition) is 1. The predicted molar refractivity (Wildman–Crippen MR) is 99.5 cm³/mol. The van der Waals surface area contributed by atoms with Gasteiger partial charge in [-0.1, -0.05) is 54.1 Å². The molecule has 132 valence electrons. The van der Waals surface area contributed by atoms with E-state index in [1.54, 1.807) is 30.3 Å². The lowest BCUT2D eigenvalue weighted by Gasteiger charge is -2.12. The Kier molecular flexibility index (Phi) is 5.64. The standard InChI is InChI=1S/C22H20FNO2/c1-16-5-4-6-18(13-16)15-26-21-8-3-2-7-20(21)22(25)24-14-17-9-11-19(23)12-10-17/h2-13H,14-15H2,1H3,(H,24,25). The topological polar surface area (TPSA) is 38.3 Å². The Morgan fingerprint density at radius 3 is 2.50 bits per heavy atom. The third-order valence-electron chi connectivity index (χ3n) is 3.97. The lowest BCUT2D eigenvalue weighted by atomic mass is 10.1. The predicted octanol–water partition coefficient (Wildman–Crippen LogP) is 4.64. The highest BCUT2D eigenvalue weighted by Gasteiger charge is 2.12. The van der Waals surface area contributed by atoms with Gasteiger partial charge in [0.25, 0.3) is 5.91 Å². The molecule has 0 aliphatic carbocycles. The molecule has 3 aromatic rings. The van der Waals surface area contributed by atoms with Crippen molar-refractivity contribution < 1.29 is 13.9 Å². The van der Waals surface area contributed by atoms with Gasteiger partial charge in [-0.05, 0) is 42.3 Å². The second-order valence-corrected chi connectivity index (χ2v) is 6.08. The van der Waals surface area contributed by atoms with E-state index in [4.69, 9.17) is 4.74 Å². The SMILES string of the molecule is Cc1cccc(COc2ccccc2C(=O)NCc2ccc(F)cc2)c1. The van der Waals surface area contributed by atoms with E-state index in [0.717, 1.165) is 16.7 Å². The lowest BCUT2D eigenvalue weighted by Crippen LogP contribution is -2.23. The van der Waals surface area contributed by atoms with Gasteiger partial charge in [-0.15, -0.1) is 0 Å². The number of hydrogen-bond acceptors (Lipinski definition) is 2. The number of benzene rings is 3. The van der Waals surface area contributed by atoms with Crippen LogP contribution in [0, 0.1) is 12.7 Å². The average Bonchev–Trinajstić information content (AvgIpc) is 2.66. The number of rotatable bonds is 6. The van der Waals surface area contributed by atoms with Gasteiger partial charge in [-0.25, -0.2) is 4.39 Å². The fourth-order valence-corrected chi connectivity index (χ4v) is 2.62. The van der Waals surface area contributed by atoms with E-state index >= 15 is 0 Å². The molecular formula is C22H20FNO2. The van der Waals surface area contributed by atoms with Crippen LogP contribution in [0.15, 0.2) is 72.8 Å². The second kappa shape index (κ2) is 8.30. The zero-order valence-corrected chi connectivity index (χ0v) is 14.5. The molecule has 3 rings (SSSR count). The molecule has 0 heterocycles. The number of aryl methyl sites for hydroxylation is 1. The van der Waals surface area contributed by atoms with E-state index in [0.29, 0.717) is 24.5 Å². The van der Waals surface area contributed by atoms with Gasteiger partial charge in [0.05, 0.1) is 5.56 Å². The summed E-state index contributed by atoms with van der Waals surface area (Å²) in [4.78, 5) is 12.5. The molecule has 0 bridgehead atoms. The van der Waals surface area contributed by atoms with Crippen LogP contribution in [0.2, 0.25) is 0 Å². The van der Waals surface area contributed by atoms with E-state index in [2.05, 4.69) is 11.4 Å². The van der Waals surface area contributed by atoms with Crippen molar-refractivity contribution in [1.82, 2.24) is 5.32 Å². The molecule has 0 aliphatic heterocycles. The Hall–Kier alpha value is -3.14. The summed E-state index contributed by atoms with van der Waals surface area (Å²) in [6.45, 7) is 2.75. The summed E-state index contributed by atoms with van der Waals surface area (Å²) in [6, 6.07) is 21.2. The summed E-state index contributed by atoms with van der Waals surface area (Å²) in [5, 5.41) is 2.84. The van der Waals surface area contributed by atoms with Gasteiger partial charge in [-0.3, -0.25) is 4.79 Å². The summed E-state index contributed by atoms with van der Waals surface area (Å²) < 4.78 is 18.8. The zero-order chi connectivity index (χ0) is 18.4. The first-order chi connectivity index (χ1) is 12.6. The van der Waals surface area contributed by atoms with Crippen LogP contribution in [0.5, 0.6) is 5.75 Å². The van der Waals surface area contributed by atoms with Crippen LogP contribution in [0.4, 0.5) is 4.39 Å². The largest absolute Gasteiger partial charge is 0.488 e. The third-order valence-corrected chi connectivity index (χ3v) is 3.97. The fraction of sp³-hybridized carbons (Fsp3) is 0.136. The first-order valence-electron chi connectivity index (χ1n) is 8.42. The highest BCUT2D eigenvalue weighted by Crippen LogP contribution is 2.20. The molecule has 0 unspecified atom stereocenters. The van der Waals surface area contributed by atoms with E-state index in [1.165, 1.54) is 12.1 Å². The Morgan fingerprint density at radius 1 is 0.962 bits per heavy atom. The summed E-state index contributed by atoms with van der Waals surface area (Å²) in [6.07, 6.45) is 0. The Balaban J connectivity index is 1.65. The van der Waals surface area contributed by atoms with Crippen molar-refractivity contribution in [2.75, 3.05) is 0 Å². The Bertz CT molecular complexity index is 891. The molecule has 3 aromatic carbocycles. The van der Waals surface area contributed by atoms with Gasteiger partial charge in [-0.2, -0.15) is 0 Å². The Morgan fingerprint density at radius 2 is 1.73 bits per heavy atom. The van der Waals surface area contributed by atoms with E-state index in [9.17, 15) is 9.18 Å². The fourth-order valence-electron chi connectivity index (χ4n) is 2.62. The molecule has 0 aromatic heterocycles. The van der Waals surface area contributed by atoms with Crippen LogP contribution in [0.1, 0.15) is 27.0 Å². The molecule has 0 radical (unpaired) electrons. The molecule has 0 fully saturated rings. The second-order valence-electron chi connectivity index (χ2n) is 6.08. The molecule has 0 aliphatic rings. The quantitative estimate of drug-likeness (QED) is 0.704. The molecule has 26 heavy (non-hydrogen) atoms. The van der Waals surface area contributed by atoms with E-state index in [1.807, 2.05) is 31.2 Å². The van der Waals surface area contributed by atoms with E-state index in [-0.39, 0.29) is 11.7 Å². The number of halogens is 1. The normalized spacial score (nSPS) is 10.4. The van der Waals surface area contributed by atoms with Crippen molar-refractivity contribution in [3.63, 3.8) is 0 Å². The van der Waals surface area contributed by atoms with Crippen molar-refractivity contribution >= 4 is 5.91 Å². The molecule has 0 spiro atoms. The van der Waals surface area contributed by atoms with E-state index < -0.39 is 0 Å². The number of para-hydroxylation sites is 1. The number of ether oxygens (including phenoxy) is 1. The summed E-state index contributed by atoms with van der Waals surface area (Å²) in [5.41, 5.74) is 3.52. The zero-order valence-electron chi connectivity index (χ0n) is 14.5. The number of carbonyl (C=O) groups excluding carboxylic acids is 1. The van der Waals surface area contributed by atoms with Crippen molar-refractivity contribution in [3.05, 3.63) is 101 Å². The first-order valence-corrected chi connectivity index (χ1v) is 8.42. The summed E-state index contributed by atoms with van der Waals surface area (Å²) >= 11 is 0.